The minimum Gasteiger partial charge on any atom is -0.484 e. The number of carbonyl (C=O) groups is 1. The average Bonchev–Trinajstić information content (AvgIpc) is 2.49. The predicted octanol–water partition coefficient (Wildman–Crippen LogP) is 4.44. The minimum atomic E-state index is -0.156. The Bertz CT molecular complexity index is 645. The van der Waals surface area contributed by atoms with Gasteiger partial charge in [0.2, 0.25) is 0 Å². The fourth-order valence-electron chi connectivity index (χ4n) is 2.11. The van der Waals surface area contributed by atoms with Crippen molar-refractivity contribution in [3.05, 3.63) is 59.2 Å². The maximum absolute atomic E-state index is 11.9. The van der Waals surface area contributed by atoms with Gasteiger partial charge in [0.15, 0.2) is 6.61 Å². The number of ether oxygens (including phenoxy) is 1. The standard InChI is InChI=1S/C19H23NO2/c1-13(2)16-6-9-18(10-7-16)22-12-19(21)20-17-8-5-14(3)15(4)11-17/h5-11,13H,12H2,1-4H3,(H,20,21). The van der Waals surface area contributed by atoms with Crippen molar-refractivity contribution in [2.45, 2.75) is 33.6 Å². The molecule has 0 saturated heterocycles. The largest absolute Gasteiger partial charge is 0.484 e. The molecule has 0 unspecified atom stereocenters. The number of nitrogens with one attached hydrogen (secondary N) is 1. The summed E-state index contributed by atoms with van der Waals surface area (Å²) in [6.07, 6.45) is 0. The lowest BCUT2D eigenvalue weighted by molar-refractivity contribution is -0.118. The van der Waals surface area contributed by atoms with Crippen LogP contribution in [0.25, 0.3) is 0 Å². The molecule has 0 atom stereocenters. The second-order valence-corrected chi connectivity index (χ2v) is 5.86. The summed E-state index contributed by atoms with van der Waals surface area (Å²) < 4.78 is 5.52. The van der Waals surface area contributed by atoms with E-state index in [9.17, 15) is 4.79 Å². The minimum absolute atomic E-state index is 0.00789. The summed E-state index contributed by atoms with van der Waals surface area (Å²) in [6.45, 7) is 8.37. The van der Waals surface area contributed by atoms with Crippen molar-refractivity contribution in [1.29, 1.82) is 0 Å². The third-order valence-electron chi connectivity index (χ3n) is 3.71. The highest BCUT2D eigenvalue weighted by Gasteiger charge is 2.05. The molecule has 2 rings (SSSR count). The van der Waals surface area contributed by atoms with Crippen LogP contribution in [0.15, 0.2) is 42.5 Å². The average molecular weight is 297 g/mol. The van der Waals surface area contributed by atoms with Gasteiger partial charge in [-0.3, -0.25) is 4.79 Å². The molecular weight excluding hydrogens is 274 g/mol. The summed E-state index contributed by atoms with van der Waals surface area (Å²) in [5.41, 5.74) is 4.42. The summed E-state index contributed by atoms with van der Waals surface area (Å²) in [7, 11) is 0. The first-order chi connectivity index (χ1) is 10.5. The molecule has 3 heteroatoms. The van der Waals surface area contributed by atoms with Crippen LogP contribution in [0.1, 0.15) is 36.5 Å². The molecular formula is C19H23NO2. The van der Waals surface area contributed by atoms with Gasteiger partial charge in [0.05, 0.1) is 0 Å². The zero-order valence-corrected chi connectivity index (χ0v) is 13.6. The maximum atomic E-state index is 11.9. The van der Waals surface area contributed by atoms with Crippen LogP contribution in [0.5, 0.6) is 5.75 Å². The van der Waals surface area contributed by atoms with Crippen LogP contribution in [0, 0.1) is 13.8 Å². The monoisotopic (exact) mass is 297 g/mol. The predicted molar refractivity (Wildman–Crippen MR) is 90.6 cm³/mol. The summed E-state index contributed by atoms with van der Waals surface area (Å²) in [4.78, 5) is 11.9. The highest BCUT2D eigenvalue weighted by molar-refractivity contribution is 5.92. The van der Waals surface area contributed by atoms with Gasteiger partial charge in [-0.2, -0.15) is 0 Å². The van der Waals surface area contributed by atoms with Crippen LogP contribution in [0.2, 0.25) is 0 Å². The molecule has 0 spiro atoms. The Labute approximate surface area is 132 Å². The molecule has 0 aliphatic carbocycles. The topological polar surface area (TPSA) is 38.3 Å². The zero-order valence-electron chi connectivity index (χ0n) is 13.6. The molecule has 0 saturated carbocycles. The molecule has 1 N–H and O–H groups in total. The van der Waals surface area contributed by atoms with Gasteiger partial charge < -0.3 is 10.1 Å². The smallest absolute Gasteiger partial charge is 0.262 e. The molecule has 116 valence electrons. The molecule has 0 aliphatic heterocycles. The molecule has 3 nitrogen and oxygen atoms in total. The SMILES string of the molecule is Cc1ccc(NC(=O)COc2ccc(C(C)C)cc2)cc1C. The number of amides is 1. The van der Waals surface area contributed by atoms with Crippen molar-refractivity contribution in [3.8, 4) is 5.75 Å². The Morgan fingerprint density at radius 3 is 2.32 bits per heavy atom. The summed E-state index contributed by atoms with van der Waals surface area (Å²) >= 11 is 0. The van der Waals surface area contributed by atoms with E-state index in [0.717, 1.165) is 11.3 Å². The van der Waals surface area contributed by atoms with E-state index < -0.39 is 0 Å². The van der Waals surface area contributed by atoms with E-state index in [1.165, 1.54) is 11.1 Å². The van der Waals surface area contributed by atoms with Crippen molar-refractivity contribution in [3.63, 3.8) is 0 Å². The van der Waals surface area contributed by atoms with Gasteiger partial charge in [-0.05, 0) is 60.7 Å². The number of benzene rings is 2. The lowest BCUT2D eigenvalue weighted by Gasteiger charge is -2.10. The van der Waals surface area contributed by atoms with Crippen LogP contribution in [0.3, 0.4) is 0 Å². The number of carbonyl (C=O) groups excluding carboxylic acids is 1. The number of rotatable bonds is 5. The van der Waals surface area contributed by atoms with Crippen LogP contribution in [0.4, 0.5) is 5.69 Å². The molecule has 22 heavy (non-hydrogen) atoms. The van der Waals surface area contributed by atoms with Crippen LogP contribution in [-0.4, -0.2) is 12.5 Å². The van der Waals surface area contributed by atoms with E-state index >= 15 is 0 Å². The van der Waals surface area contributed by atoms with Crippen LogP contribution in [-0.2, 0) is 4.79 Å². The molecule has 2 aromatic carbocycles. The Balaban J connectivity index is 1.88. The van der Waals surface area contributed by atoms with Gasteiger partial charge in [0.1, 0.15) is 5.75 Å². The van der Waals surface area contributed by atoms with Crippen molar-refractivity contribution < 1.29 is 9.53 Å². The van der Waals surface area contributed by atoms with Crippen molar-refractivity contribution >= 4 is 11.6 Å². The third-order valence-corrected chi connectivity index (χ3v) is 3.71. The second-order valence-electron chi connectivity index (χ2n) is 5.86. The molecule has 0 radical (unpaired) electrons. The Hall–Kier alpha value is -2.29. The van der Waals surface area contributed by atoms with Crippen molar-refractivity contribution in [2.24, 2.45) is 0 Å². The molecule has 0 bridgehead atoms. The third kappa shape index (κ3) is 4.35. The van der Waals surface area contributed by atoms with Crippen LogP contribution < -0.4 is 10.1 Å². The summed E-state index contributed by atoms with van der Waals surface area (Å²) in [6, 6.07) is 13.7. The Morgan fingerprint density at radius 1 is 1.05 bits per heavy atom. The zero-order chi connectivity index (χ0) is 16.1. The molecule has 0 fully saturated rings. The van der Waals surface area contributed by atoms with Crippen molar-refractivity contribution in [2.75, 3.05) is 11.9 Å². The number of anilines is 1. The fourth-order valence-corrected chi connectivity index (χ4v) is 2.11. The van der Waals surface area contributed by atoms with E-state index in [1.807, 2.05) is 56.3 Å². The van der Waals surface area contributed by atoms with Gasteiger partial charge in [-0.25, -0.2) is 0 Å². The molecule has 2 aromatic rings. The van der Waals surface area contributed by atoms with Crippen LogP contribution >= 0.6 is 0 Å². The first-order valence-electron chi connectivity index (χ1n) is 7.55. The molecule has 1 amide bonds. The molecule has 0 aliphatic rings. The van der Waals surface area contributed by atoms with Gasteiger partial charge in [0, 0.05) is 5.69 Å². The first-order valence-corrected chi connectivity index (χ1v) is 7.55. The Kier molecular flexibility index (Phi) is 5.21. The van der Waals surface area contributed by atoms with Crippen molar-refractivity contribution in [1.82, 2.24) is 0 Å². The molecule has 0 heterocycles. The maximum Gasteiger partial charge on any atom is 0.262 e. The van der Waals surface area contributed by atoms with Gasteiger partial charge in [-0.15, -0.1) is 0 Å². The van der Waals surface area contributed by atoms with E-state index in [1.54, 1.807) is 0 Å². The number of aryl methyl sites for hydroxylation is 2. The lowest BCUT2D eigenvalue weighted by Crippen LogP contribution is -2.20. The van der Waals surface area contributed by atoms with E-state index in [-0.39, 0.29) is 12.5 Å². The van der Waals surface area contributed by atoms with E-state index in [4.69, 9.17) is 4.74 Å². The summed E-state index contributed by atoms with van der Waals surface area (Å²) in [5.74, 6) is 1.04. The molecule has 0 aromatic heterocycles. The lowest BCUT2D eigenvalue weighted by atomic mass is 10.0. The second kappa shape index (κ2) is 7.12. The van der Waals surface area contributed by atoms with Gasteiger partial charge in [0.25, 0.3) is 5.91 Å². The fraction of sp³-hybridized carbons (Fsp3) is 0.316. The van der Waals surface area contributed by atoms with Gasteiger partial charge in [-0.1, -0.05) is 32.0 Å². The highest BCUT2D eigenvalue weighted by Crippen LogP contribution is 2.19. The number of hydrogen-bond donors (Lipinski definition) is 1. The summed E-state index contributed by atoms with van der Waals surface area (Å²) in [5, 5.41) is 2.85. The van der Waals surface area contributed by atoms with E-state index in [0.29, 0.717) is 11.7 Å². The van der Waals surface area contributed by atoms with Gasteiger partial charge >= 0.3 is 0 Å². The first kappa shape index (κ1) is 16.1. The number of hydrogen-bond acceptors (Lipinski definition) is 2. The quantitative estimate of drug-likeness (QED) is 0.885. The van der Waals surface area contributed by atoms with E-state index in [2.05, 4.69) is 19.2 Å². The highest BCUT2D eigenvalue weighted by atomic mass is 16.5. The Morgan fingerprint density at radius 2 is 1.73 bits per heavy atom. The normalized spacial score (nSPS) is 10.6.